The zero-order valence-corrected chi connectivity index (χ0v) is 11.6. The largest absolute Gasteiger partial charge is 0.372 e. The van der Waals surface area contributed by atoms with Crippen molar-refractivity contribution in [2.75, 3.05) is 18.0 Å². The van der Waals surface area contributed by atoms with Gasteiger partial charge >= 0.3 is 0 Å². The minimum atomic E-state index is 0.752. The maximum absolute atomic E-state index is 4.06. The van der Waals surface area contributed by atoms with Crippen LogP contribution in [0.1, 0.15) is 24.1 Å². The molecule has 2 heterocycles. The molecule has 0 bridgehead atoms. The van der Waals surface area contributed by atoms with E-state index in [1.54, 1.807) is 6.20 Å². The monoisotopic (exact) mass is 268 g/mol. The van der Waals surface area contributed by atoms with Gasteiger partial charge < -0.3 is 10.2 Å². The Morgan fingerprint density at radius 3 is 2.50 bits per heavy atom. The molecular formula is C16H20N4. The van der Waals surface area contributed by atoms with Crippen molar-refractivity contribution in [1.29, 1.82) is 0 Å². The first-order valence-electron chi connectivity index (χ1n) is 7.23. The zero-order chi connectivity index (χ0) is 13.6. The number of hydrogen-bond donors (Lipinski definition) is 1. The topological polar surface area (TPSA) is 41.1 Å². The zero-order valence-electron chi connectivity index (χ0n) is 11.6. The summed E-state index contributed by atoms with van der Waals surface area (Å²) in [6.45, 7) is 4.01. The van der Waals surface area contributed by atoms with Crippen LogP contribution in [0.15, 0.2) is 42.6 Å². The van der Waals surface area contributed by atoms with E-state index in [9.17, 15) is 0 Å². The molecule has 1 N–H and O–H groups in total. The van der Waals surface area contributed by atoms with Crippen LogP contribution in [0.25, 0.3) is 0 Å². The summed E-state index contributed by atoms with van der Waals surface area (Å²) in [7, 11) is 0. The number of aromatic nitrogens is 2. The van der Waals surface area contributed by atoms with Gasteiger partial charge in [-0.05, 0) is 42.7 Å². The van der Waals surface area contributed by atoms with Crippen molar-refractivity contribution in [3.8, 4) is 0 Å². The van der Waals surface area contributed by atoms with Crippen molar-refractivity contribution < 1.29 is 0 Å². The third kappa shape index (κ3) is 3.33. The first kappa shape index (κ1) is 13.1. The Labute approximate surface area is 119 Å². The predicted molar refractivity (Wildman–Crippen MR) is 80.5 cm³/mol. The molecule has 0 radical (unpaired) electrons. The molecular weight excluding hydrogens is 248 g/mol. The molecule has 0 saturated carbocycles. The number of nitrogens with zero attached hydrogens (tertiary/aromatic N) is 3. The second-order valence-corrected chi connectivity index (χ2v) is 5.18. The van der Waals surface area contributed by atoms with Crippen LogP contribution in [0.5, 0.6) is 0 Å². The van der Waals surface area contributed by atoms with E-state index < -0.39 is 0 Å². The molecule has 0 spiro atoms. The van der Waals surface area contributed by atoms with Crippen molar-refractivity contribution in [1.82, 2.24) is 15.5 Å². The molecule has 1 fully saturated rings. The molecule has 0 amide bonds. The van der Waals surface area contributed by atoms with Crippen LogP contribution in [0.3, 0.4) is 0 Å². The lowest BCUT2D eigenvalue weighted by atomic mass is 10.2. The lowest BCUT2D eigenvalue weighted by molar-refractivity contribution is 0.670. The van der Waals surface area contributed by atoms with Crippen molar-refractivity contribution in [2.45, 2.75) is 25.9 Å². The molecule has 1 saturated heterocycles. The Hall–Kier alpha value is -1.94. The number of benzene rings is 1. The van der Waals surface area contributed by atoms with Gasteiger partial charge in [-0.2, -0.15) is 10.2 Å². The maximum atomic E-state index is 4.06. The van der Waals surface area contributed by atoms with Gasteiger partial charge in [0.2, 0.25) is 0 Å². The highest BCUT2D eigenvalue weighted by molar-refractivity contribution is 5.48. The van der Waals surface area contributed by atoms with Gasteiger partial charge in [0.15, 0.2) is 0 Å². The maximum Gasteiger partial charge on any atom is 0.0769 e. The van der Waals surface area contributed by atoms with E-state index in [1.807, 2.05) is 12.1 Å². The normalized spacial score (nSPS) is 14.7. The Morgan fingerprint density at radius 1 is 1.00 bits per heavy atom. The summed E-state index contributed by atoms with van der Waals surface area (Å²) < 4.78 is 0. The minimum Gasteiger partial charge on any atom is -0.372 e. The third-order valence-corrected chi connectivity index (χ3v) is 3.67. The highest BCUT2D eigenvalue weighted by atomic mass is 15.1. The van der Waals surface area contributed by atoms with Crippen LogP contribution in [-0.2, 0) is 13.1 Å². The highest BCUT2D eigenvalue weighted by Crippen LogP contribution is 2.20. The van der Waals surface area contributed by atoms with Gasteiger partial charge in [-0.1, -0.05) is 12.1 Å². The Balaban J connectivity index is 1.50. The molecule has 4 nitrogen and oxygen atoms in total. The molecule has 1 aromatic carbocycles. The van der Waals surface area contributed by atoms with E-state index in [2.05, 4.69) is 44.7 Å². The van der Waals surface area contributed by atoms with E-state index in [0.29, 0.717) is 0 Å². The van der Waals surface area contributed by atoms with Crippen LogP contribution < -0.4 is 10.2 Å². The minimum absolute atomic E-state index is 0.752. The molecule has 0 aliphatic carbocycles. The molecule has 1 aliphatic rings. The highest BCUT2D eigenvalue weighted by Gasteiger charge is 2.11. The molecule has 0 unspecified atom stereocenters. The Kier molecular flexibility index (Phi) is 4.23. The Bertz CT molecular complexity index is 518. The van der Waals surface area contributed by atoms with E-state index in [0.717, 1.165) is 18.8 Å². The second kappa shape index (κ2) is 6.48. The van der Waals surface area contributed by atoms with E-state index in [1.165, 1.54) is 37.2 Å². The summed E-state index contributed by atoms with van der Waals surface area (Å²) in [6, 6.07) is 12.8. The molecule has 3 rings (SSSR count). The molecule has 104 valence electrons. The predicted octanol–water partition coefficient (Wildman–Crippen LogP) is 2.37. The standard InChI is InChI=1S/C16H20N4/c1-2-11-20(10-1)16-7-5-14(6-8-16)12-17-13-15-4-3-9-18-19-15/h3-9,17H,1-2,10-13H2. The van der Waals surface area contributed by atoms with Crippen molar-refractivity contribution in [3.05, 3.63) is 53.9 Å². The summed E-state index contributed by atoms with van der Waals surface area (Å²) in [5.41, 5.74) is 3.62. The fourth-order valence-corrected chi connectivity index (χ4v) is 2.56. The molecule has 4 heteroatoms. The Morgan fingerprint density at radius 2 is 1.80 bits per heavy atom. The molecule has 0 atom stereocenters. The fourth-order valence-electron chi connectivity index (χ4n) is 2.56. The average molecular weight is 268 g/mol. The lowest BCUT2D eigenvalue weighted by Gasteiger charge is -2.17. The molecule has 2 aromatic rings. The van der Waals surface area contributed by atoms with Crippen molar-refractivity contribution in [3.63, 3.8) is 0 Å². The van der Waals surface area contributed by atoms with Gasteiger partial charge in [-0.3, -0.25) is 0 Å². The smallest absolute Gasteiger partial charge is 0.0769 e. The lowest BCUT2D eigenvalue weighted by Crippen LogP contribution is -2.17. The number of anilines is 1. The quantitative estimate of drug-likeness (QED) is 0.904. The average Bonchev–Trinajstić information content (AvgIpc) is 3.03. The summed E-state index contributed by atoms with van der Waals surface area (Å²) in [4.78, 5) is 2.46. The molecule has 1 aromatic heterocycles. The first-order valence-corrected chi connectivity index (χ1v) is 7.23. The van der Waals surface area contributed by atoms with Gasteiger partial charge in [-0.25, -0.2) is 0 Å². The third-order valence-electron chi connectivity index (χ3n) is 3.67. The summed E-state index contributed by atoms with van der Waals surface area (Å²) in [5, 5.41) is 11.3. The van der Waals surface area contributed by atoms with Crippen molar-refractivity contribution in [2.24, 2.45) is 0 Å². The first-order chi connectivity index (χ1) is 9.92. The van der Waals surface area contributed by atoms with Crippen LogP contribution in [-0.4, -0.2) is 23.3 Å². The van der Waals surface area contributed by atoms with Crippen molar-refractivity contribution >= 4 is 5.69 Å². The summed E-state index contributed by atoms with van der Waals surface area (Å²) in [5.74, 6) is 0. The van der Waals surface area contributed by atoms with E-state index in [-0.39, 0.29) is 0 Å². The van der Waals surface area contributed by atoms with Crippen LogP contribution in [0.2, 0.25) is 0 Å². The SMILES string of the molecule is c1cnnc(CNCc2ccc(N3CCCC3)cc2)c1. The van der Waals surface area contributed by atoms with Crippen LogP contribution in [0, 0.1) is 0 Å². The summed E-state index contributed by atoms with van der Waals surface area (Å²) >= 11 is 0. The van der Waals surface area contributed by atoms with E-state index in [4.69, 9.17) is 0 Å². The van der Waals surface area contributed by atoms with Gasteiger partial charge in [-0.15, -0.1) is 0 Å². The van der Waals surface area contributed by atoms with Gasteiger partial charge in [0, 0.05) is 38.1 Å². The van der Waals surface area contributed by atoms with E-state index >= 15 is 0 Å². The number of rotatable bonds is 5. The fraction of sp³-hybridized carbons (Fsp3) is 0.375. The second-order valence-electron chi connectivity index (χ2n) is 5.18. The number of nitrogens with one attached hydrogen (secondary N) is 1. The van der Waals surface area contributed by atoms with Gasteiger partial charge in [0.25, 0.3) is 0 Å². The number of hydrogen-bond acceptors (Lipinski definition) is 4. The van der Waals surface area contributed by atoms with Gasteiger partial charge in [0.1, 0.15) is 0 Å². The molecule has 20 heavy (non-hydrogen) atoms. The van der Waals surface area contributed by atoms with Crippen LogP contribution >= 0.6 is 0 Å². The molecule has 1 aliphatic heterocycles. The van der Waals surface area contributed by atoms with Gasteiger partial charge in [0.05, 0.1) is 5.69 Å². The summed E-state index contributed by atoms with van der Waals surface area (Å²) in [6.07, 6.45) is 4.34. The van der Waals surface area contributed by atoms with Crippen LogP contribution in [0.4, 0.5) is 5.69 Å².